The average Bonchev–Trinajstić information content (AvgIpc) is 2.91. The lowest BCUT2D eigenvalue weighted by molar-refractivity contribution is 0.409. The van der Waals surface area contributed by atoms with Gasteiger partial charge >= 0.3 is 0 Å². The first-order valence-corrected chi connectivity index (χ1v) is 8.21. The number of hydrogen-bond acceptors (Lipinski definition) is 4. The van der Waals surface area contributed by atoms with Crippen LogP contribution in [0.15, 0.2) is 33.7 Å². The van der Waals surface area contributed by atoms with Gasteiger partial charge in [-0.3, -0.25) is 0 Å². The van der Waals surface area contributed by atoms with Crippen molar-refractivity contribution in [2.45, 2.75) is 33.7 Å². The minimum atomic E-state index is 0.415. The summed E-state index contributed by atoms with van der Waals surface area (Å²) in [4.78, 5) is 8.87. The molecule has 0 amide bonds. The summed E-state index contributed by atoms with van der Waals surface area (Å²) < 4.78 is 10.9. The van der Waals surface area contributed by atoms with Crippen LogP contribution in [0.3, 0.4) is 0 Å². The van der Waals surface area contributed by atoms with Gasteiger partial charge in [0.2, 0.25) is 5.89 Å². The van der Waals surface area contributed by atoms with Crippen molar-refractivity contribution in [3.05, 3.63) is 47.2 Å². The SMILES string of the molecule is CCNC(=NCc1nc(C)c(C)o1)NCCc1ccccc1OC. The van der Waals surface area contributed by atoms with Gasteiger partial charge in [-0.25, -0.2) is 9.98 Å². The van der Waals surface area contributed by atoms with Crippen molar-refractivity contribution in [2.75, 3.05) is 20.2 Å². The van der Waals surface area contributed by atoms with E-state index in [1.54, 1.807) is 7.11 Å². The Kier molecular flexibility index (Phi) is 6.66. The van der Waals surface area contributed by atoms with E-state index in [9.17, 15) is 0 Å². The van der Waals surface area contributed by atoms with Crippen LogP contribution in [-0.4, -0.2) is 31.1 Å². The van der Waals surface area contributed by atoms with E-state index in [1.807, 2.05) is 39.0 Å². The number of nitrogens with one attached hydrogen (secondary N) is 2. The lowest BCUT2D eigenvalue weighted by atomic mass is 10.1. The van der Waals surface area contributed by atoms with Gasteiger partial charge in [0, 0.05) is 13.1 Å². The summed E-state index contributed by atoms with van der Waals surface area (Å²) in [6, 6.07) is 8.04. The van der Waals surface area contributed by atoms with Gasteiger partial charge in [0.1, 0.15) is 18.1 Å². The molecule has 0 atom stereocenters. The second kappa shape index (κ2) is 8.96. The van der Waals surface area contributed by atoms with E-state index in [0.717, 1.165) is 42.7 Å². The maximum absolute atomic E-state index is 5.56. The Bertz CT molecular complexity index is 660. The number of ether oxygens (including phenoxy) is 1. The summed E-state index contributed by atoms with van der Waals surface area (Å²) in [7, 11) is 1.69. The van der Waals surface area contributed by atoms with Crippen LogP contribution in [0, 0.1) is 13.8 Å². The number of para-hydroxylation sites is 1. The Morgan fingerprint density at radius 1 is 1.25 bits per heavy atom. The number of nitrogens with zero attached hydrogens (tertiary/aromatic N) is 2. The molecule has 0 unspecified atom stereocenters. The number of guanidine groups is 1. The zero-order valence-corrected chi connectivity index (χ0v) is 14.8. The molecule has 0 radical (unpaired) electrons. The molecule has 0 aliphatic heterocycles. The largest absolute Gasteiger partial charge is 0.496 e. The predicted molar refractivity (Wildman–Crippen MR) is 95.5 cm³/mol. The molecule has 1 heterocycles. The number of hydrogen-bond donors (Lipinski definition) is 2. The first-order chi connectivity index (χ1) is 11.6. The summed E-state index contributed by atoms with van der Waals surface area (Å²) in [5, 5.41) is 6.55. The smallest absolute Gasteiger partial charge is 0.216 e. The fourth-order valence-corrected chi connectivity index (χ4v) is 2.32. The van der Waals surface area contributed by atoms with E-state index in [-0.39, 0.29) is 0 Å². The summed E-state index contributed by atoms with van der Waals surface area (Å²) >= 11 is 0. The van der Waals surface area contributed by atoms with Crippen molar-refractivity contribution in [3.63, 3.8) is 0 Å². The Balaban J connectivity index is 1.91. The minimum Gasteiger partial charge on any atom is -0.496 e. The topological polar surface area (TPSA) is 71.7 Å². The quantitative estimate of drug-likeness (QED) is 0.603. The van der Waals surface area contributed by atoms with Crippen LogP contribution >= 0.6 is 0 Å². The van der Waals surface area contributed by atoms with Crippen LogP contribution in [0.2, 0.25) is 0 Å². The molecule has 0 saturated carbocycles. The number of aryl methyl sites for hydroxylation is 2. The molecule has 0 bridgehead atoms. The van der Waals surface area contributed by atoms with Crippen LogP contribution in [0.1, 0.15) is 29.8 Å². The first kappa shape index (κ1) is 17.8. The predicted octanol–water partition coefficient (Wildman–Crippen LogP) is 2.60. The van der Waals surface area contributed by atoms with Crippen LogP contribution in [0.5, 0.6) is 5.75 Å². The van der Waals surface area contributed by atoms with Gasteiger partial charge in [0.25, 0.3) is 0 Å². The molecule has 0 spiro atoms. The van der Waals surface area contributed by atoms with Crippen LogP contribution < -0.4 is 15.4 Å². The van der Waals surface area contributed by atoms with Gasteiger partial charge in [0.15, 0.2) is 5.96 Å². The van der Waals surface area contributed by atoms with Gasteiger partial charge < -0.3 is 19.8 Å². The minimum absolute atomic E-state index is 0.415. The van der Waals surface area contributed by atoms with E-state index in [0.29, 0.717) is 12.4 Å². The van der Waals surface area contributed by atoms with E-state index >= 15 is 0 Å². The highest BCUT2D eigenvalue weighted by Gasteiger charge is 2.06. The molecular weight excluding hydrogens is 304 g/mol. The van der Waals surface area contributed by atoms with Crippen LogP contribution in [-0.2, 0) is 13.0 Å². The molecule has 2 N–H and O–H groups in total. The van der Waals surface area contributed by atoms with Crippen molar-refractivity contribution < 1.29 is 9.15 Å². The molecule has 2 rings (SSSR count). The summed E-state index contributed by atoms with van der Waals surface area (Å²) in [5.41, 5.74) is 2.08. The number of benzene rings is 1. The van der Waals surface area contributed by atoms with E-state index in [2.05, 4.69) is 26.7 Å². The van der Waals surface area contributed by atoms with Crippen LogP contribution in [0.25, 0.3) is 0 Å². The fraction of sp³-hybridized carbons (Fsp3) is 0.444. The van der Waals surface area contributed by atoms with Gasteiger partial charge in [-0.15, -0.1) is 0 Å². The van der Waals surface area contributed by atoms with Crippen LogP contribution in [0.4, 0.5) is 0 Å². The van der Waals surface area contributed by atoms with Crippen molar-refractivity contribution in [1.82, 2.24) is 15.6 Å². The fourth-order valence-electron chi connectivity index (χ4n) is 2.32. The van der Waals surface area contributed by atoms with Gasteiger partial charge in [0.05, 0.1) is 12.8 Å². The highest BCUT2D eigenvalue weighted by Crippen LogP contribution is 2.17. The zero-order chi connectivity index (χ0) is 17.4. The highest BCUT2D eigenvalue weighted by molar-refractivity contribution is 5.79. The lowest BCUT2D eigenvalue weighted by Gasteiger charge is -2.12. The van der Waals surface area contributed by atoms with Crippen molar-refractivity contribution >= 4 is 5.96 Å². The summed E-state index contributed by atoms with van der Waals surface area (Å²) in [5.74, 6) is 3.13. The van der Waals surface area contributed by atoms with Gasteiger partial charge in [-0.2, -0.15) is 0 Å². The average molecular weight is 330 g/mol. The molecule has 6 heteroatoms. The Hall–Kier alpha value is -2.50. The molecule has 1 aromatic heterocycles. The number of methoxy groups -OCH3 is 1. The zero-order valence-electron chi connectivity index (χ0n) is 14.8. The first-order valence-electron chi connectivity index (χ1n) is 8.21. The molecule has 0 aliphatic carbocycles. The monoisotopic (exact) mass is 330 g/mol. The molecule has 1 aromatic carbocycles. The molecule has 6 nitrogen and oxygen atoms in total. The molecule has 0 aliphatic rings. The molecule has 0 fully saturated rings. The lowest BCUT2D eigenvalue weighted by Crippen LogP contribution is -2.38. The molecule has 2 aromatic rings. The van der Waals surface area contributed by atoms with Gasteiger partial charge in [-0.1, -0.05) is 18.2 Å². The summed E-state index contributed by atoms with van der Waals surface area (Å²) in [6.07, 6.45) is 0.853. The number of rotatable bonds is 7. The third-order valence-electron chi connectivity index (χ3n) is 3.67. The van der Waals surface area contributed by atoms with Gasteiger partial charge in [-0.05, 0) is 38.8 Å². The third-order valence-corrected chi connectivity index (χ3v) is 3.67. The van der Waals surface area contributed by atoms with Crippen molar-refractivity contribution in [1.29, 1.82) is 0 Å². The highest BCUT2D eigenvalue weighted by atomic mass is 16.5. The third kappa shape index (κ3) is 5.01. The number of aromatic nitrogens is 1. The van der Waals surface area contributed by atoms with Crippen molar-refractivity contribution in [3.8, 4) is 5.75 Å². The van der Waals surface area contributed by atoms with E-state index in [4.69, 9.17) is 9.15 Å². The number of aliphatic imine (C=N–C) groups is 1. The normalized spacial score (nSPS) is 11.4. The Morgan fingerprint density at radius 3 is 2.71 bits per heavy atom. The second-order valence-corrected chi connectivity index (χ2v) is 5.43. The Labute approximate surface area is 143 Å². The summed E-state index contributed by atoms with van der Waals surface area (Å²) in [6.45, 7) is 7.85. The Morgan fingerprint density at radius 2 is 2.04 bits per heavy atom. The second-order valence-electron chi connectivity index (χ2n) is 5.43. The molecule has 130 valence electrons. The maximum atomic E-state index is 5.56. The molecule has 24 heavy (non-hydrogen) atoms. The standard InChI is InChI=1S/C18H26N4O2/c1-5-19-18(21-12-17-22-13(2)14(3)24-17)20-11-10-15-8-6-7-9-16(15)23-4/h6-9H,5,10-12H2,1-4H3,(H2,19,20,21). The van der Waals surface area contributed by atoms with E-state index < -0.39 is 0 Å². The maximum Gasteiger partial charge on any atom is 0.216 e. The molecular formula is C18H26N4O2. The van der Waals surface area contributed by atoms with Crippen molar-refractivity contribution in [2.24, 2.45) is 4.99 Å². The molecule has 0 saturated heterocycles. The number of oxazole rings is 1. The van der Waals surface area contributed by atoms with E-state index in [1.165, 1.54) is 5.56 Å².